The first-order valence-corrected chi connectivity index (χ1v) is 6.40. The topological polar surface area (TPSA) is 0 Å². The van der Waals surface area contributed by atoms with E-state index in [9.17, 15) is 22.0 Å². The van der Waals surface area contributed by atoms with E-state index in [1.165, 1.54) is 18.2 Å². The number of hydrogen-bond acceptors (Lipinski definition) is 0. The van der Waals surface area contributed by atoms with Gasteiger partial charge in [0.2, 0.25) is 0 Å². The van der Waals surface area contributed by atoms with Gasteiger partial charge in [-0.25, -0.2) is 8.78 Å². The molecule has 0 saturated carbocycles. The lowest BCUT2D eigenvalue weighted by Gasteiger charge is -2.14. The summed E-state index contributed by atoms with van der Waals surface area (Å²) < 4.78 is 64.3. The standard InChI is InChI=1S/C14H7Cl2F5/c15-8-2-4-12(16)11(6-8)10-5-7(14(19,20)21)1-3-9(10)13(17)18/h1-6,13H. The molecule has 0 unspecified atom stereocenters. The molecule has 2 rings (SSSR count). The molecule has 7 heteroatoms. The molecule has 0 radical (unpaired) electrons. The van der Waals surface area contributed by atoms with Gasteiger partial charge in [0.15, 0.2) is 0 Å². The molecule has 0 aromatic heterocycles. The zero-order chi connectivity index (χ0) is 15.8. The van der Waals surface area contributed by atoms with Crippen molar-refractivity contribution in [3.05, 3.63) is 57.6 Å². The van der Waals surface area contributed by atoms with E-state index in [0.29, 0.717) is 12.1 Å². The van der Waals surface area contributed by atoms with E-state index >= 15 is 0 Å². The molecule has 0 nitrogen and oxygen atoms in total. The van der Waals surface area contributed by atoms with Crippen LogP contribution in [0.25, 0.3) is 11.1 Å². The highest BCUT2D eigenvalue weighted by atomic mass is 35.5. The monoisotopic (exact) mass is 340 g/mol. The lowest BCUT2D eigenvalue weighted by Crippen LogP contribution is -2.06. The smallest absolute Gasteiger partial charge is 0.205 e. The fraction of sp³-hybridized carbons (Fsp3) is 0.143. The van der Waals surface area contributed by atoms with Crippen molar-refractivity contribution in [3.8, 4) is 11.1 Å². The summed E-state index contributed by atoms with van der Waals surface area (Å²) in [7, 11) is 0. The molecular formula is C14H7Cl2F5. The normalized spacial score (nSPS) is 12.0. The largest absolute Gasteiger partial charge is 0.416 e. The van der Waals surface area contributed by atoms with E-state index in [2.05, 4.69) is 0 Å². The Morgan fingerprint density at radius 1 is 0.857 bits per heavy atom. The SMILES string of the molecule is FC(F)c1ccc(C(F)(F)F)cc1-c1cc(Cl)ccc1Cl. The van der Waals surface area contributed by atoms with E-state index in [-0.39, 0.29) is 21.2 Å². The summed E-state index contributed by atoms with van der Waals surface area (Å²) in [6, 6.07) is 6.03. The van der Waals surface area contributed by atoms with Crippen LogP contribution < -0.4 is 0 Å². The van der Waals surface area contributed by atoms with Gasteiger partial charge >= 0.3 is 6.18 Å². The lowest BCUT2D eigenvalue weighted by atomic mass is 9.97. The first-order chi connectivity index (χ1) is 9.70. The van der Waals surface area contributed by atoms with Crippen LogP contribution in [0.15, 0.2) is 36.4 Å². The molecule has 0 heterocycles. The summed E-state index contributed by atoms with van der Waals surface area (Å²) >= 11 is 11.6. The Kier molecular flexibility index (Phi) is 4.44. The predicted molar refractivity (Wildman–Crippen MR) is 71.9 cm³/mol. The third kappa shape index (κ3) is 3.47. The zero-order valence-electron chi connectivity index (χ0n) is 10.2. The van der Waals surface area contributed by atoms with E-state index in [4.69, 9.17) is 23.2 Å². The van der Waals surface area contributed by atoms with E-state index in [0.717, 1.165) is 6.07 Å². The zero-order valence-corrected chi connectivity index (χ0v) is 11.7. The summed E-state index contributed by atoms with van der Waals surface area (Å²) in [5.41, 5.74) is -1.82. The van der Waals surface area contributed by atoms with E-state index < -0.39 is 23.7 Å². The van der Waals surface area contributed by atoms with Gasteiger partial charge in [-0.3, -0.25) is 0 Å². The molecule has 0 N–H and O–H groups in total. The Hall–Kier alpha value is -1.33. The van der Waals surface area contributed by atoms with Crippen LogP contribution in [0.1, 0.15) is 17.6 Å². The molecule has 0 atom stereocenters. The van der Waals surface area contributed by atoms with E-state index in [1.54, 1.807) is 0 Å². The molecule has 2 aromatic carbocycles. The van der Waals surface area contributed by atoms with Gasteiger partial charge in [0.05, 0.1) is 5.56 Å². The number of benzene rings is 2. The van der Waals surface area contributed by atoms with Gasteiger partial charge < -0.3 is 0 Å². The maximum atomic E-state index is 13.0. The molecule has 0 aliphatic carbocycles. The lowest BCUT2D eigenvalue weighted by molar-refractivity contribution is -0.137. The average Bonchev–Trinajstić information content (AvgIpc) is 2.39. The molecule has 0 aliphatic rings. The molecule has 0 bridgehead atoms. The fourth-order valence-corrected chi connectivity index (χ4v) is 2.25. The number of hydrogen-bond donors (Lipinski definition) is 0. The van der Waals surface area contributed by atoms with Crippen molar-refractivity contribution >= 4 is 23.2 Å². The number of halogens is 7. The van der Waals surface area contributed by atoms with Crippen molar-refractivity contribution in [3.63, 3.8) is 0 Å². The van der Waals surface area contributed by atoms with Crippen LogP contribution in [0.4, 0.5) is 22.0 Å². The van der Waals surface area contributed by atoms with Crippen molar-refractivity contribution in [1.82, 2.24) is 0 Å². The minimum Gasteiger partial charge on any atom is -0.205 e. The highest BCUT2D eigenvalue weighted by Crippen LogP contribution is 2.40. The fourth-order valence-electron chi connectivity index (χ4n) is 1.86. The molecule has 0 amide bonds. The summed E-state index contributed by atoms with van der Waals surface area (Å²) in [4.78, 5) is 0. The summed E-state index contributed by atoms with van der Waals surface area (Å²) in [6.45, 7) is 0. The summed E-state index contributed by atoms with van der Waals surface area (Å²) in [5, 5.41) is 0.229. The van der Waals surface area contributed by atoms with Crippen LogP contribution in [-0.2, 0) is 6.18 Å². The maximum Gasteiger partial charge on any atom is 0.416 e. The van der Waals surface area contributed by atoms with Gasteiger partial charge in [0.25, 0.3) is 6.43 Å². The van der Waals surface area contributed by atoms with Crippen LogP contribution in [-0.4, -0.2) is 0 Å². The Bertz CT molecular complexity index is 665. The third-order valence-corrected chi connectivity index (χ3v) is 3.40. The van der Waals surface area contributed by atoms with Crippen molar-refractivity contribution in [2.75, 3.05) is 0 Å². The molecule has 0 aliphatic heterocycles. The molecule has 0 fully saturated rings. The van der Waals surface area contributed by atoms with Crippen molar-refractivity contribution in [2.45, 2.75) is 12.6 Å². The second-order valence-electron chi connectivity index (χ2n) is 4.22. The summed E-state index contributed by atoms with van der Waals surface area (Å²) in [6.07, 6.45) is -7.57. The minimum atomic E-state index is -4.64. The minimum absolute atomic E-state index is 0.0329. The van der Waals surface area contributed by atoms with Gasteiger partial charge in [-0.15, -0.1) is 0 Å². The van der Waals surface area contributed by atoms with Crippen molar-refractivity contribution in [2.24, 2.45) is 0 Å². The Labute approximate surface area is 127 Å². The van der Waals surface area contributed by atoms with Gasteiger partial charge in [-0.2, -0.15) is 13.2 Å². The van der Waals surface area contributed by atoms with Gasteiger partial charge in [0.1, 0.15) is 0 Å². The molecular weight excluding hydrogens is 334 g/mol. The Morgan fingerprint density at radius 3 is 2.10 bits per heavy atom. The van der Waals surface area contributed by atoms with Crippen molar-refractivity contribution < 1.29 is 22.0 Å². The Balaban J connectivity index is 2.72. The summed E-state index contributed by atoms with van der Waals surface area (Å²) in [5.74, 6) is 0. The molecule has 21 heavy (non-hydrogen) atoms. The number of rotatable bonds is 2. The van der Waals surface area contributed by atoms with Gasteiger partial charge in [-0.1, -0.05) is 29.3 Å². The number of alkyl halides is 5. The van der Waals surface area contributed by atoms with Gasteiger partial charge in [-0.05, 0) is 35.9 Å². The Morgan fingerprint density at radius 2 is 1.52 bits per heavy atom. The molecule has 0 spiro atoms. The first kappa shape index (κ1) is 16.0. The highest BCUT2D eigenvalue weighted by Gasteiger charge is 2.32. The van der Waals surface area contributed by atoms with Crippen LogP contribution in [0.5, 0.6) is 0 Å². The molecule has 0 saturated heterocycles. The van der Waals surface area contributed by atoms with E-state index in [1.807, 2.05) is 0 Å². The molecule has 2 aromatic rings. The maximum absolute atomic E-state index is 13.0. The second kappa shape index (κ2) is 5.81. The van der Waals surface area contributed by atoms with Crippen LogP contribution >= 0.6 is 23.2 Å². The highest BCUT2D eigenvalue weighted by molar-refractivity contribution is 6.35. The van der Waals surface area contributed by atoms with Crippen molar-refractivity contribution in [1.29, 1.82) is 0 Å². The quantitative estimate of drug-likeness (QED) is 0.539. The van der Waals surface area contributed by atoms with Crippen LogP contribution in [0.2, 0.25) is 10.0 Å². The molecule has 112 valence electrons. The predicted octanol–water partition coefficient (Wildman–Crippen LogP) is 6.62. The third-order valence-electron chi connectivity index (χ3n) is 2.83. The average molecular weight is 341 g/mol. The van der Waals surface area contributed by atoms with Crippen LogP contribution in [0.3, 0.4) is 0 Å². The second-order valence-corrected chi connectivity index (χ2v) is 5.07. The van der Waals surface area contributed by atoms with Crippen LogP contribution in [0, 0.1) is 0 Å². The first-order valence-electron chi connectivity index (χ1n) is 5.65. The van der Waals surface area contributed by atoms with Gasteiger partial charge in [0, 0.05) is 21.2 Å².